The summed E-state index contributed by atoms with van der Waals surface area (Å²) < 4.78 is 9.89. The molecule has 1 atom stereocenters. The van der Waals surface area contributed by atoms with Crippen molar-refractivity contribution in [3.63, 3.8) is 0 Å². The van der Waals surface area contributed by atoms with Gasteiger partial charge in [-0.2, -0.15) is 0 Å². The van der Waals surface area contributed by atoms with E-state index in [4.69, 9.17) is 22.1 Å². The number of esters is 1. The van der Waals surface area contributed by atoms with Crippen LogP contribution in [-0.4, -0.2) is 49.7 Å². The highest BCUT2D eigenvalue weighted by Crippen LogP contribution is 2.24. The maximum absolute atomic E-state index is 12.5. The Morgan fingerprint density at radius 3 is 2.90 bits per heavy atom. The first kappa shape index (κ1) is 14.6. The fraction of sp³-hybridized carbons (Fsp3) is 0.385. The molecule has 1 unspecified atom stereocenters. The van der Waals surface area contributed by atoms with Crippen LogP contribution < -0.4 is 5.73 Å². The maximum atomic E-state index is 12.5. The molecular formula is C13H15ClN2O4. The van der Waals surface area contributed by atoms with E-state index in [1.807, 2.05) is 0 Å². The molecule has 2 rings (SSSR count). The van der Waals surface area contributed by atoms with Crippen molar-refractivity contribution in [2.45, 2.75) is 6.10 Å². The Bertz CT molecular complexity index is 515. The van der Waals surface area contributed by atoms with Gasteiger partial charge in [-0.05, 0) is 12.1 Å². The monoisotopic (exact) mass is 298 g/mol. The second kappa shape index (κ2) is 6.11. The third kappa shape index (κ3) is 2.86. The van der Waals surface area contributed by atoms with Gasteiger partial charge in [-0.3, -0.25) is 4.79 Å². The predicted octanol–water partition coefficient (Wildman–Crippen LogP) is 0.936. The van der Waals surface area contributed by atoms with Gasteiger partial charge in [0.1, 0.15) is 0 Å². The molecule has 0 aromatic heterocycles. The number of anilines is 1. The van der Waals surface area contributed by atoms with E-state index in [0.29, 0.717) is 12.2 Å². The number of rotatable bonds is 2. The van der Waals surface area contributed by atoms with E-state index in [0.717, 1.165) is 0 Å². The van der Waals surface area contributed by atoms with Crippen molar-refractivity contribution < 1.29 is 19.1 Å². The number of nitrogens with two attached hydrogens (primary N) is 1. The van der Waals surface area contributed by atoms with Crippen LogP contribution in [-0.2, 0) is 14.3 Å². The lowest BCUT2D eigenvalue weighted by molar-refractivity contribution is -0.158. The van der Waals surface area contributed by atoms with Crippen molar-refractivity contribution >= 4 is 29.2 Å². The molecule has 1 fully saturated rings. The normalized spacial score (nSPS) is 18.7. The molecule has 1 aromatic carbocycles. The zero-order valence-corrected chi connectivity index (χ0v) is 11.7. The van der Waals surface area contributed by atoms with E-state index in [1.54, 1.807) is 18.2 Å². The molecule has 7 heteroatoms. The summed E-state index contributed by atoms with van der Waals surface area (Å²) in [5.41, 5.74) is 6.35. The fourth-order valence-corrected chi connectivity index (χ4v) is 2.30. The van der Waals surface area contributed by atoms with Crippen LogP contribution in [0.4, 0.5) is 5.69 Å². The van der Waals surface area contributed by atoms with Gasteiger partial charge in [0.2, 0.25) is 0 Å². The van der Waals surface area contributed by atoms with Crippen molar-refractivity contribution in [3.05, 3.63) is 28.8 Å². The highest BCUT2D eigenvalue weighted by Gasteiger charge is 2.31. The minimum atomic E-state index is -0.776. The highest BCUT2D eigenvalue weighted by atomic mass is 35.5. The Labute approximate surface area is 121 Å². The molecule has 108 valence electrons. The molecule has 1 heterocycles. The van der Waals surface area contributed by atoms with Crippen LogP contribution in [0.25, 0.3) is 0 Å². The molecule has 1 aliphatic rings. The third-order valence-corrected chi connectivity index (χ3v) is 3.39. The van der Waals surface area contributed by atoms with Crippen LogP contribution in [0.3, 0.4) is 0 Å². The lowest BCUT2D eigenvalue weighted by Gasteiger charge is -2.31. The van der Waals surface area contributed by atoms with Gasteiger partial charge in [0.25, 0.3) is 5.91 Å². The summed E-state index contributed by atoms with van der Waals surface area (Å²) in [4.78, 5) is 25.4. The molecule has 0 aliphatic carbocycles. The molecule has 0 saturated carbocycles. The first-order valence-electron chi connectivity index (χ1n) is 6.07. The zero-order chi connectivity index (χ0) is 14.7. The summed E-state index contributed by atoms with van der Waals surface area (Å²) in [6.07, 6.45) is -0.776. The molecule has 2 N–H and O–H groups in total. The number of methoxy groups -OCH3 is 1. The van der Waals surface area contributed by atoms with Gasteiger partial charge in [-0.25, -0.2) is 4.79 Å². The van der Waals surface area contributed by atoms with Gasteiger partial charge in [0.05, 0.1) is 30.8 Å². The van der Waals surface area contributed by atoms with Crippen molar-refractivity contribution in [1.82, 2.24) is 4.90 Å². The molecule has 1 aliphatic heterocycles. The maximum Gasteiger partial charge on any atom is 0.336 e. The molecule has 6 nitrogen and oxygen atoms in total. The lowest BCUT2D eigenvalue weighted by Crippen LogP contribution is -2.49. The van der Waals surface area contributed by atoms with E-state index >= 15 is 0 Å². The Kier molecular flexibility index (Phi) is 4.46. The average molecular weight is 299 g/mol. The van der Waals surface area contributed by atoms with Crippen molar-refractivity contribution in [1.29, 1.82) is 0 Å². The Hall–Kier alpha value is -1.79. The number of ether oxygens (including phenoxy) is 2. The Morgan fingerprint density at radius 1 is 1.50 bits per heavy atom. The van der Waals surface area contributed by atoms with Gasteiger partial charge in [0, 0.05) is 12.2 Å². The number of hydrogen-bond acceptors (Lipinski definition) is 5. The smallest absolute Gasteiger partial charge is 0.336 e. The summed E-state index contributed by atoms with van der Waals surface area (Å²) in [6, 6.07) is 4.88. The number of carbonyl (C=O) groups excluding carboxylic acids is 2. The lowest BCUT2D eigenvalue weighted by atomic mass is 10.1. The van der Waals surface area contributed by atoms with Crippen molar-refractivity contribution in [3.8, 4) is 0 Å². The fourth-order valence-electron chi connectivity index (χ4n) is 2.03. The summed E-state index contributed by atoms with van der Waals surface area (Å²) in [6.45, 7) is 0.753. The van der Waals surface area contributed by atoms with Gasteiger partial charge in [-0.15, -0.1) is 0 Å². The minimum Gasteiger partial charge on any atom is -0.467 e. The molecule has 0 spiro atoms. The van der Waals surface area contributed by atoms with Crippen LogP contribution in [0.15, 0.2) is 18.2 Å². The van der Waals surface area contributed by atoms with Gasteiger partial charge in [-0.1, -0.05) is 17.7 Å². The first-order valence-corrected chi connectivity index (χ1v) is 6.45. The van der Waals surface area contributed by atoms with E-state index in [2.05, 4.69) is 4.74 Å². The SMILES string of the molecule is COC(=O)C1CN(C(=O)c2c(N)cccc2Cl)CCO1. The van der Waals surface area contributed by atoms with Crippen molar-refractivity contribution in [2.24, 2.45) is 0 Å². The number of benzene rings is 1. The van der Waals surface area contributed by atoms with Gasteiger partial charge in [0.15, 0.2) is 6.10 Å². The molecule has 1 amide bonds. The number of halogens is 1. The zero-order valence-electron chi connectivity index (χ0n) is 11.0. The van der Waals surface area contributed by atoms with Gasteiger partial charge < -0.3 is 20.1 Å². The van der Waals surface area contributed by atoms with Crippen LogP contribution >= 0.6 is 11.6 Å². The summed E-state index contributed by atoms with van der Waals surface area (Å²) in [5, 5.41) is 0.288. The average Bonchev–Trinajstić information content (AvgIpc) is 2.46. The molecule has 0 bridgehead atoms. The summed E-state index contributed by atoms with van der Waals surface area (Å²) in [7, 11) is 1.28. The Balaban J connectivity index is 2.19. The summed E-state index contributed by atoms with van der Waals surface area (Å²) >= 11 is 6.02. The van der Waals surface area contributed by atoms with E-state index < -0.39 is 12.1 Å². The quantitative estimate of drug-likeness (QED) is 0.649. The minimum absolute atomic E-state index is 0.121. The van der Waals surface area contributed by atoms with Crippen molar-refractivity contribution in [2.75, 3.05) is 32.5 Å². The Morgan fingerprint density at radius 2 is 2.25 bits per heavy atom. The van der Waals surface area contributed by atoms with Crippen LogP contribution in [0.1, 0.15) is 10.4 Å². The number of nitrogen functional groups attached to an aromatic ring is 1. The first-order chi connectivity index (χ1) is 9.54. The highest BCUT2D eigenvalue weighted by molar-refractivity contribution is 6.34. The van der Waals surface area contributed by atoms with Gasteiger partial charge >= 0.3 is 5.97 Å². The summed E-state index contributed by atoms with van der Waals surface area (Å²) in [5.74, 6) is -0.820. The van der Waals surface area contributed by atoms with Crippen LogP contribution in [0, 0.1) is 0 Å². The number of morpholine rings is 1. The standard InChI is InChI=1S/C13H15ClN2O4/c1-19-13(18)10-7-16(5-6-20-10)12(17)11-8(14)3-2-4-9(11)15/h2-4,10H,5-7,15H2,1H3. The second-order valence-electron chi connectivity index (χ2n) is 4.34. The third-order valence-electron chi connectivity index (χ3n) is 3.08. The number of amides is 1. The predicted molar refractivity (Wildman–Crippen MR) is 73.5 cm³/mol. The van der Waals surface area contributed by atoms with Crippen LogP contribution in [0.2, 0.25) is 5.02 Å². The molecule has 20 heavy (non-hydrogen) atoms. The van der Waals surface area contributed by atoms with E-state index in [-0.39, 0.29) is 29.6 Å². The van der Waals surface area contributed by atoms with E-state index in [9.17, 15) is 9.59 Å². The molecular weight excluding hydrogens is 284 g/mol. The number of nitrogens with zero attached hydrogens (tertiary/aromatic N) is 1. The molecule has 1 aromatic rings. The topological polar surface area (TPSA) is 81.9 Å². The molecule has 0 radical (unpaired) electrons. The second-order valence-corrected chi connectivity index (χ2v) is 4.75. The number of carbonyl (C=O) groups is 2. The molecule has 1 saturated heterocycles. The van der Waals surface area contributed by atoms with Crippen LogP contribution in [0.5, 0.6) is 0 Å². The number of hydrogen-bond donors (Lipinski definition) is 1. The largest absolute Gasteiger partial charge is 0.467 e. The van der Waals surface area contributed by atoms with E-state index in [1.165, 1.54) is 12.0 Å².